The Bertz CT molecular complexity index is 297. The summed E-state index contributed by atoms with van der Waals surface area (Å²) in [7, 11) is 0. The number of amides is 1. The lowest BCUT2D eigenvalue weighted by Crippen LogP contribution is -2.42. The third kappa shape index (κ3) is 9.02. The van der Waals surface area contributed by atoms with Crippen molar-refractivity contribution in [3.05, 3.63) is 0 Å². The molecule has 0 aliphatic heterocycles. The largest absolute Gasteiger partial charge is 0.458 e. The maximum atomic E-state index is 11.7. The van der Waals surface area contributed by atoms with Crippen LogP contribution in [0.4, 0.5) is 0 Å². The highest BCUT2D eigenvalue weighted by molar-refractivity contribution is 5.84. The van der Waals surface area contributed by atoms with E-state index in [2.05, 4.69) is 26.1 Å². The van der Waals surface area contributed by atoms with E-state index in [4.69, 9.17) is 4.74 Å². The molecule has 0 saturated heterocycles. The topological polar surface area (TPSA) is 55.4 Å². The minimum atomic E-state index is -0.600. The second-order valence-corrected chi connectivity index (χ2v) is 6.88. The molecule has 0 saturated carbocycles. The van der Waals surface area contributed by atoms with Crippen molar-refractivity contribution in [2.45, 2.75) is 73.0 Å². The quantitative estimate of drug-likeness (QED) is 0.788. The Morgan fingerprint density at radius 2 is 1.61 bits per heavy atom. The molecule has 0 radical (unpaired) electrons. The molecule has 106 valence electrons. The second-order valence-electron chi connectivity index (χ2n) is 6.88. The number of hydrogen-bond donors (Lipinski definition) is 1. The first-order chi connectivity index (χ1) is 7.91. The molecule has 0 rings (SSSR count). The van der Waals surface area contributed by atoms with Gasteiger partial charge in [-0.15, -0.1) is 0 Å². The minimum Gasteiger partial charge on any atom is -0.458 e. The fourth-order valence-electron chi connectivity index (χ4n) is 1.25. The molecular formula is C14H27NO3. The van der Waals surface area contributed by atoms with Crippen LogP contribution in [-0.4, -0.2) is 23.5 Å². The van der Waals surface area contributed by atoms with Crippen LogP contribution in [0.5, 0.6) is 0 Å². The van der Waals surface area contributed by atoms with Crippen molar-refractivity contribution < 1.29 is 14.3 Å². The average Bonchev–Trinajstić information content (AvgIpc) is 2.10. The third-order valence-corrected chi connectivity index (χ3v) is 2.24. The highest BCUT2D eigenvalue weighted by Gasteiger charge is 2.23. The van der Waals surface area contributed by atoms with Gasteiger partial charge in [-0.3, -0.25) is 4.79 Å². The third-order valence-electron chi connectivity index (χ3n) is 2.24. The number of nitrogens with one attached hydrogen (secondary N) is 1. The minimum absolute atomic E-state index is 0.108. The molecule has 0 spiro atoms. The molecule has 0 aromatic heterocycles. The van der Waals surface area contributed by atoms with Gasteiger partial charge in [0.2, 0.25) is 5.91 Å². The van der Waals surface area contributed by atoms with Gasteiger partial charge >= 0.3 is 5.97 Å². The van der Waals surface area contributed by atoms with E-state index >= 15 is 0 Å². The Labute approximate surface area is 110 Å². The van der Waals surface area contributed by atoms with Gasteiger partial charge in [0.15, 0.2) is 0 Å². The fraction of sp³-hybridized carbons (Fsp3) is 0.857. The van der Waals surface area contributed by atoms with Crippen molar-refractivity contribution in [3.8, 4) is 0 Å². The molecule has 0 aliphatic rings. The normalized spacial score (nSPS) is 13.9. The summed E-state index contributed by atoms with van der Waals surface area (Å²) in [5, 5.41) is 2.66. The molecule has 1 amide bonds. The molecule has 0 aromatic rings. The number of carbonyl (C=O) groups is 2. The van der Waals surface area contributed by atoms with Crippen LogP contribution in [0, 0.1) is 5.41 Å². The molecule has 4 heteroatoms. The predicted molar refractivity (Wildman–Crippen MR) is 72.1 cm³/mol. The summed E-state index contributed by atoms with van der Waals surface area (Å²) in [6, 6.07) is -0.600. The van der Waals surface area contributed by atoms with Gasteiger partial charge < -0.3 is 10.1 Å². The zero-order valence-corrected chi connectivity index (χ0v) is 12.7. The van der Waals surface area contributed by atoms with E-state index in [0.717, 1.165) is 6.42 Å². The first-order valence-corrected chi connectivity index (χ1v) is 6.43. The molecule has 0 fully saturated rings. The van der Waals surface area contributed by atoms with E-state index in [1.54, 1.807) is 27.7 Å². The van der Waals surface area contributed by atoms with Crippen molar-refractivity contribution in [2.24, 2.45) is 5.41 Å². The fourth-order valence-corrected chi connectivity index (χ4v) is 1.25. The number of esters is 1. The van der Waals surface area contributed by atoms with E-state index in [-0.39, 0.29) is 11.3 Å². The summed E-state index contributed by atoms with van der Waals surface area (Å²) in [5.41, 5.74) is -0.409. The van der Waals surface area contributed by atoms with Crippen LogP contribution in [0.15, 0.2) is 0 Å². The zero-order valence-electron chi connectivity index (χ0n) is 12.7. The van der Waals surface area contributed by atoms with Crippen molar-refractivity contribution >= 4 is 11.9 Å². The smallest absolute Gasteiger partial charge is 0.328 e. The molecule has 0 aromatic carbocycles. The lowest BCUT2D eigenvalue weighted by Gasteiger charge is -2.23. The Balaban J connectivity index is 4.12. The van der Waals surface area contributed by atoms with Crippen molar-refractivity contribution in [3.63, 3.8) is 0 Å². The summed E-state index contributed by atoms with van der Waals surface area (Å²) in [5.74, 6) is -0.505. The van der Waals surface area contributed by atoms with Crippen molar-refractivity contribution in [2.75, 3.05) is 0 Å². The summed E-state index contributed by atoms with van der Waals surface area (Å²) in [6.45, 7) is 13.3. The van der Waals surface area contributed by atoms with Crippen LogP contribution in [0.2, 0.25) is 0 Å². The van der Waals surface area contributed by atoms with E-state index in [9.17, 15) is 9.59 Å². The van der Waals surface area contributed by atoms with Gasteiger partial charge in [-0.25, -0.2) is 4.79 Å². The number of ether oxygens (including phenoxy) is 1. The van der Waals surface area contributed by atoms with Crippen LogP contribution < -0.4 is 5.32 Å². The molecule has 0 unspecified atom stereocenters. The summed E-state index contributed by atoms with van der Waals surface area (Å²) >= 11 is 0. The van der Waals surface area contributed by atoms with Gasteiger partial charge in [0.1, 0.15) is 11.6 Å². The van der Waals surface area contributed by atoms with Crippen LogP contribution >= 0.6 is 0 Å². The lowest BCUT2D eigenvalue weighted by atomic mass is 9.90. The first kappa shape index (κ1) is 16.9. The van der Waals surface area contributed by atoms with E-state index in [0.29, 0.717) is 6.42 Å². The number of carbonyl (C=O) groups excluding carboxylic acids is 2. The molecule has 0 aliphatic carbocycles. The van der Waals surface area contributed by atoms with E-state index in [1.165, 1.54) is 0 Å². The first-order valence-electron chi connectivity index (χ1n) is 6.43. The standard InChI is InChI=1S/C14H27NO3/c1-10(12(17)18-14(5,6)7)15-11(16)8-9-13(2,3)4/h10H,8-9H2,1-7H3,(H,15,16)/t10-/m0/s1. The van der Waals surface area contributed by atoms with Gasteiger partial charge in [0.25, 0.3) is 0 Å². The molecule has 1 atom stereocenters. The van der Waals surface area contributed by atoms with Gasteiger partial charge in [0.05, 0.1) is 0 Å². The maximum Gasteiger partial charge on any atom is 0.328 e. The van der Waals surface area contributed by atoms with E-state index in [1.807, 2.05) is 0 Å². The monoisotopic (exact) mass is 257 g/mol. The average molecular weight is 257 g/mol. The Hall–Kier alpha value is -1.06. The molecule has 18 heavy (non-hydrogen) atoms. The SMILES string of the molecule is C[C@H](NC(=O)CCC(C)(C)C)C(=O)OC(C)(C)C. The summed E-state index contributed by atoms with van der Waals surface area (Å²) in [4.78, 5) is 23.3. The maximum absolute atomic E-state index is 11.7. The van der Waals surface area contributed by atoms with Crippen LogP contribution in [-0.2, 0) is 14.3 Å². The van der Waals surface area contributed by atoms with Gasteiger partial charge in [-0.1, -0.05) is 20.8 Å². The molecule has 4 nitrogen and oxygen atoms in total. The predicted octanol–water partition coefficient (Wildman–Crippen LogP) is 2.66. The van der Waals surface area contributed by atoms with Crippen LogP contribution in [0.25, 0.3) is 0 Å². The zero-order chi connectivity index (χ0) is 14.6. The Kier molecular flexibility index (Phi) is 5.84. The van der Waals surface area contributed by atoms with Gasteiger partial charge in [0, 0.05) is 6.42 Å². The molecular weight excluding hydrogens is 230 g/mol. The van der Waals surface area contributed by atoms with Crippen LogP contribution in [0.1, 0.15) is 61.3 Å². The number of hydrogen-bond acceptors (Lipinski definition) is 3. The van der Waals surface area contributed by atoms with Crippen LogP contribution in [0.3, 0.4) is 0 Å². The summed E-state index contributed by atoms with van der Waals surface area (Å²) in [6.07, 6.45) is 1.22. The van der Waals surface area contributed by atoms with E-state index < -0.39 is 17.6 Å². The van der Waals surface area contributed by atoms with Gasteiger partial charge in [-0.05, 0) is 39.5 Å². The molecule has 0 bridgehead atoms. The Morgan fingerprint density at radius 1 is 1.11 bits per heavy atom. The van der Waals surface area contributed by atoms with Gasteiger partial charge in [-0.2, -0.15) is 0 Å². The van der Waals surface area contributed by atoms with Crippen molar-refractivity contribution in [1.29, 1.82) is 0 Å². The lowest BCUT2D eigenvalue weighted by molar-refractivity contribution is -0.158. The second kappa shape index (κ2) is 6.21. The molecule has 0 heterocycles. The highest BCUT2D eigenvalue weighted by atomic mass is 16.6. The number of rotatable bonds is 4. The van der Waals surface area contributed by atoms with Crippen molar-refractivity contribution in [1.82, 2.24) is 5.32 Å². The summed E-state index contributed by atoms with van der Waals surface area (Å²) < 4.78 is 5.19. The Morgan fingerprint density at radius 3 is 2.00 bits per heavy atom. The molecule has 1 N–H and O–H groups in total. The highest BCUT2D eigenvalue weighted by Crippen LogP contribution is 2.20.